The van der Waals surface area contributed by atoms with Crippen molar-refractivity contribution in [3.8, 4) is 0 Å². The predicted octanol–water partition coefficient (Wildman–Crippen LogP) is 5.69. The van der Waals surface area contributed by atoms with E-state index in [9.17, 15) is 10.1 Å². The Kier molecular flexibility index (Phi) is 5.66. The molecule has 0 amide bonds. The second-order valence-electron chi connectivity index (χ2n) is 6.14. The monoisotopic (exact) mass is 366 g/mol. The molecule has 3 aromatic carbocycles. The van der Waals surface area contributed by atoms with Crippen LogP contribution in [0.2, 0.25) is 5.02 Å². The van der Waals surface area contributed by atoms with Crippen LogP contribution in [0.15, 0.2) is 78.9 Å². The fraction of sp³-hybridized carbons (Fsp3) is 0.143. The van der Waals surface area contributed by atoms with Crippen LogP contribution in [0.25, 0.3) is 0 Å². The van der Waals surface area contributed by atoms with Gasteiger partial charge in [0.15, 0.2) is 0 Å². The highest BCUT2D eigenvalue weighted by atomic mass is 35.5. The highest BCUT2D eigenvalue weighted by Crippen LogP contribution is 2.29. The average Bonchev–Trinajstić information content (AvgIpc) is 2.67. The molecular weight excluding hydrogens is 348 g/mol. The van der Waals surface area contributed by atoms with Crippen molar-refractivity contribution < 1.29 is 4.92 Å². The molecule has 0 aliphatic carbocycles. The smallest absolute Gasteiger partial charge is 0.269 e. The minimum atomic E-state index is -0.372. The normalized spacial score (nSPS) is 13.2. The molecule has 0 aromatic heterocycles. The summed E-state index contributed by atoms with van der Waals surface area (Å²) in [5.74, 6) is 0. The summed E-state index contributed by atoms with van der Waals surface area (Å²) in [7, 11) is 0. The van der Waals surface area contributed by atoms with Crippen molar-refractivity contribution >= 4 is 17.3 Å². The van der Waals surface area contributed by atoms with Gasteiger partial charge in [0.2, 0.25) is 0 Å². The van der Waals surface area contributed by atoms with Crippen LogP contribution in [0, 0.1) is 10.1 Å². The molecule has 0 aliphatic rings. The number of benzene rings is 3. The molecule has 3 rings (SSSR count). The number of non-ortho nitro benzene ring substituents is 1. The molecule has 1 unspecified atom stereocenters. The Balaban J connectivity index is 1.98. The summed E-state index contributed by atoms with van der Waals surface area (Å²) in [5, 5.41) is 15.4. The van der Waals surface area contributed by atoms with E-state index in [1.807, 2.05) is 48.5 Å². The predicted molar refractivity (Wildman–Crippen MR) is 104 cm³/mol. The minimum Gasteiger partial charge on any atom is -0.300 e. The Morgan fingerprint density at radius 2 is 1.54 bits per heavy atom. The number of nitro benzene ring substituents is 1. The Bertz CT molecular complexity index is 882. The van der Waals surface area contributed by atoms with E-state index in [4.69, 9.17) is 11.6 Å². The van der Waals surface area contributed by atoms with Crippen molar-refractivity contribution in [1.29, 1.82) is 0 Å². The quantitative estimate of drug-likeness (QED) is 0.450. The Hall–Kier alpha value is -2.69. The summed E-state index contributed by atoms with van der Waals surface area (Å²) >= 11 is 6.02. The molecule has 0 bridgehead atoms. The highest BCUT2D eigenvalue weighted by Gasteiger charge is 2.19. The fourth-order valence-electron chi connectivity index (χ4n) is 2.95. The van der Waals surface area contributed by atoms with E-state index in [1.165, 1.54) is 6.07 Å². The van der Waals surface area contributed by atoms with E-state index in [1.54, 1.807) is 12.1 Å². The average molecular weight is 367 g/mol. The van der Waals surface area contributed by atoms with Gasteiger partial charge in [-0.05, 0) is 35.7 Å². The summed E-state index contributed by atoms with van der Waals surface area (Å²) in [6.07, 6.45) is 0. The molecule has 26 heavy (non-hydrogen) atoms. The van der Waals surface area contributed by atoms with Crippen molar-refractivity contribution in [1.82, 2.24) is 5.32 Å². The molecule has 0 saturated heterocycles. The van der Waals surface area contributed by atoms with Gasteiger partial charge in [-0.1, -0.05) is 66.2 Å². The fourth-order valence-corrected chi connectivity index (χ4v) is 3.07. The van der Waals surface area contributed by atoms with Crippen molar-refractivity contribution in [2.75, 3.05) is 0 Å². The maximum Gasteiger partial charge on any atom is 0.269 e. The SMILES string of the molecule is C[C@@H](NC(c1ccc(Cl)cc1)c1cccc([N+](=O)[O-])c1)c1ccccc1. The number of nitrogens with zero attached hydrogens (tertiary/aromatic N) is 1. The van der Waals surface area contributed by atoms with Gasteiger partial charge in [0.25, 0.3) is 5.69 Å². The second kappa shape index (κ2) is 8.13. The van der Waals surface area contributed by atoms with Crippen molar-refractivity contribution in [3.05, 3.63) is 111 Å². The van der Waals surface area contributed by atoms with Crippen LogP contribution < -0.4 is 5.32 Å². The van der Waals surface area contributed by atoms with Crippen LogP contribution in [0.3, 0.4) is 0 Å². The summed E-state index contributed by atoms with van der Waals surface area (Å²) < 4.78 is 0. The molecule has 0 fully saturated rings. The Morgan fingerprint density at radius 1 is 0.885 bits per heavy atom. The lowest BCUT2D eigenvalue weighted by Gasteiger charge is -2.25. The third-order valence-electron chi connectivity index (χ3n) is 4.33. The van der Waals surface area contributed by atoms with Crippen LogP contribution in [0.5, 0.6) is 0 Å². The molecular formula is C21H19ClN2O2. The third kappa shape index (κ3) is 4.28. The standard InChI is InChI=1S/C21H19ClN2O2/c1-15(16-6-3-2-4-7-16)23-21(17-10-12-19(22)13-11-17)18-8-5-9-20(14-18)24(25)26/h2-15,21,23H,1H3/t15-,21?/m1/s1. The molecule has 0 radical (unpaired) electrons. The summed E-state index contributed by atoms with van der Waals surface area (Å²) in [6, 6.07) is 24.2. The first-order valence-corrected chi connectivity index (χ1v) is 8.73. The van der Waals surface area contributed by atoms with E-state index in [2.05, 4.69) is 24.4 Å². The minimum absolute atomic E-state index is 0.0659. The topological polar surface area (TPSA) is 55.2 Å². The number of nitro groups is 1. The molecule has 0 heterocycles. The van der Waals surface area contributed by atoms with Gasteiger partial charge in [0.1, 0.15) is 0 Å². The zero-order chi connectivity index (χ0) is 18.5. The van der Waals surface area contributed by atoms with Crippen molar-refractivity contribution in [3.63, 3.8) is 0 Å². The lowest BCUT2D eigenvalue weighted by atomic mass is 9.96. The van der Waals surface area contributed by atoms with Gasteiger partial charge in [-0.3, -0.25) is 15.4 Å². The summed E-state index contributed by atoms with van der Waals surface area (Å²) in [5.41, 5.74) is 3.06. The van der Waals surface area contributed by atoms with Gasteiger partial charge in [-0.25, -0.2) is 0 Å². The Morgan fingerprint density at radius 3 is 2.19 bits per heavy atom. The van der Waals surface area contributed by atoms with Gasteiger partial charge in [0, 0.05) is 23.2 Å². The van der Waals surface area contributed by atoms with E-state index in [0.29, 0.717) is 5.02 Å². The van der Waals surface area contributed by atoms with Crippen molar-refractivity contribution in [2.24, 2.45) is 0 Å². The van der Waals surface area contributed by atoms with E-state index < -0.39 is 0 Å². The molecule has 5 heteroatoms. The molecule has 4 nitrogen and oxygen atoms in total. The number of hydrogen-bond donors (Lipinski definition) is 1. The third-order valence-corrected chi connectivity index (χ3v) is 4.59. The molecule has 0 saturated carbocycles. The molecule has 3 aromatic rings. The lowest BCUT2D eigenvalue weighted by Crippen LogP contribution is -2.25. The van der Waals surface area contributed by atoms with Gasteiger partial charge in [0.05, 0.1) is 11.0 Å². The molecule has 1 N–H and O–H groups in total. The van der Waals surface area contributed by atoms with Crippen LogP contribution >= 0.6 is 11.6 Å². The van der Waals surface area contributed by atoms with Gasteiger partial charge in [-0.2, -0.15) is 0 Å². The van der Waals surface area contributed by atoms with Gasteiger partial charge < -0.3 is 0 Å². The van der Waals surface area contributed by atoms with Crippen LogP contribution in [0.1, 0.15) is 35.7 Å². The van der Waals surface area contributed by atoms with Crippen LogP contribution in [-0.2, 0) is 0 Å². The zero-order valence-corrected chi connectivity index (χ0v) is 15.1. The van der Waals surface area contributed by atoms with Gasteiger partial charge >= 0.3 is 0 Å². The first-order valence-electron chi connectivity index (χ1n) is 8.35. The van der Waals surface area contributed by atoms with Crippen LogP contribution in [-0.4, -0.2) is 4.92 Å². The molecule has 0 spiro atoms. The van der Waals surface area contributed by atoms with Gasteiger partial charge in [-0.15, -0.1) is 0 Å². The maximum atomic E-state index is 11.2. The zero-order valence-electron chi connectivity index (χ0n) is 14.3. The van der Waals surface area contributed by atoms with Crippen LogP contribution in [0.4, 0.5) is 5.69 Å². The largest absolute Gasteiger partial charge is 0.300 e. The molecule has 132 valence electrons. The van der Waals surface area contributed by atoms with E-state index in [-0.39, 0.29) is 22.7 Å². The van der Waals surface area contributed by atoms with E-state index in [0.717, 1.165) is 16.7 Å². The summed E-state index contributed by atoms with van der Waals surface area (Å²) in [6.45, 7) is 2.08. The summed E-state index contributed by atoms with van der Waals surface area (Å²) in [4.78, 5) is 10.8. The lowest BCUT2D eigenvalue weighted by molar-refractivity contribution is -0.384. The number of hydrogen-bond acceptors (Lipinski definition) is 3. The second-order valence-corrected chi connectivity index (χ2v) is 6.57. The first kappa shape index (κ1) is 18.1. The molecule has 2 atom stereocenters. The number of halogens is 1. The maximum absolute atomic E-state index is 11.2. The van der Waals surface area contributed by atoms with Crippen molar-refractivity contribution in [2.45, 2.75) is 19.0 Å². The molecule has 0 aliphatic heterocycles. The van der Waals surface area contributed by atoms with E-state index >= 15 is 0 Å². The highest BCUT2D eigenvalue weighted by molar-refractivity contribution is 6.30. The Labute approximate surface area is 157 Å². The number of nitrogens with one attached hydrogen (secondary N) is 1. The first-order chi connectivity index (χ1) is 12.5. The number of rotatable bonds is 6.